The van der Waals surface area contributed by atoms with Crippen molar-refractivity contribution in [2.24, 2.45) is 0 Å². The molecule has 1 saturated heterocycles. The van der Waals surface area contributed by atoms with Crippen molar-refractivity contribution in [3.05, 3.63) is 23.7 Å². The number of halogens is 1. The van der Waals surface area contributed by atoms with E-state index in [2.05, 4.69) is 0 Å². The maximum Gasteiger partial charge on any atom is 0.146 e. The van der Waals surface area contributed by atoms with Crippen LogP contribution in [0.1, 0.15) is 24.2 Å². The minimum atomic E-state index is -1.43. The fraction of sp³-hybridized carbons (Fsp3) is 0.667. The molecule has 1 N–H and O–H groups in total. The third-order valence-electron chi connectivity index (χ3n) is 3.22. The lowest BCUT2D eigenvalue weighted by molar-refractivity contribution is -0.00576. The van der Waals surface area contributed by atoms with Crippen LogP contribution in [0.25, 0.3) is 0 Å². The van der Waals surface area contributed by atoms with Gasteiger partial charge in [0.15, 0.2) is 0 Å². The van der Waals surface area contributed by atoms with Gasteiger partial charge in [0.25, 0.3) is 0 Å². The van der Waals surface area contributed by atoms with Crippen LogP contribution < -0.4 is 0 Å². The molecule has 0 aromatic carbocycles. The zero-order chi connectivity index (χ0) is 11.6. The van der Waals surface area contributed by atoms with Crippen molar-refractivity contribution in [2.45, 2.75) is 32.0 Å². The Labute approximate surface area is 94.9 Å². The Morgan fingerprint density at radius 1 is 1.62 bits per heavy atom. The molecule has 1 aliphatic rings. The van der Waals surface area contributed by atoms with Gasteiger partial charge < -0.3 is 9.52 Å². The molecule has 1 unspecified atom stereocenters. The molecular weight excluding hydrogens is 209 g/mol. The summed E-state index contributed by atoms with van der Waals surface area (Å²) in [5.74, 6) is 0.891. The highest BCUT2D eigenvalue weighted by Crippen LogP contribution is 2.26. The monoisotopic (exact) mass is 227 g/mol. The lowest BCUT2D eigenvalue weighted by atomic mass is 9.95. The van der Waals surface area contributed by atoms with Gasteiger partial charge in [-0.05, 0) is 37.9 Å². The summed E-state index contributed by atoms with van der Waals surface area (Å²) < 4.78 is 19.3. The number of aryl methyl sites for hydroxylation is 1. The Hall–Kier alpha value is -0.870. The average molecular weight is 227 g/mol. The fourth-order valence-electron chi connectivity index (χ4n) is 2.21. The van der Waals surface area contributed by atoms with Crippen molar-refractivity contribution in [1.29, 1.82) is 0 Å². The molecule has 1 aromatic heterocycles. The van der Waals surface area contributed by atoms with Crippen LogP contribution in [0.3, 0.4) is 0 Å². The van der Waals surface area contributed by atoms with Gasteiger partial charge in [-0.1, -0.05) is 0 Å². The van der Waals surface area contributed by atoms with E-state index in [-0.39, 0.29) is 6.61 Å². The minimum absolute atomic E-state index is 0.295. The lowest BCUT2D eigenvalue weighted by Crippen LogP contribution is -2.47. The van der Waals surface area contributed by atoms with E-state index in [9.17, 15) is 4.39 Å². The summed E-state index contributed by atoms with van der Waals surface area (Å²) >= 11 is 0. The molecule has 1 fully saturated rings. The normalized spacial score (nSPS) is 27.2. The molecule has 2 rings (SSSR count). The third kappa shape index (κ3) is 2.44. The Kier molecular flexibility index (Phi) is 3.30. The number of likely N-dealkylation sites (tertiary alicyclic amines) is 1. The van der Waals surface area contributed by atoms with Crippen molar-refractivity contribution in [1.82, 2.24) is 4.90 Å². The number of aliphatic hydroxyl groups excluding tert-OH is 1. The summed E-state index contributed by atoms with van der Waals surface area (Å²) in [6, 6.07) is 1.91. The van der Waals surface area contributed by atoms with Gasteiger partial charge in [0, 0.05) is 6.54 Å². The number of furan rings is 1. The minimum Gasteiger partial charge on any atom is -0.468 e. The van der Waals surface area contributed by atoms with Crippen molar-refractivity contribution >= 4 is 0 Å². The first-order valence-electron chi connectivity index (χ1n) is 5.68. The zero-order valence-corrected chi connectivity index (χ0v) is 9.58. The summed E-state index contributed by atoms with van der Waals surface area (Å²) in [7, 11) is 0. The molecular formula is C12H18FNO2. The molecule has 3 nitrogen and oxygen atoms in total. The van der Waals surface area contributed by atoms with Crippen LogP contribution in [-0.4, -0.2) is 35.4 Å². The number of piperidine rings is 1. The van der Waals surface area contributed by atoms with E-state index in [0.29, 0.717) is 19.5 Å². The number of aliphatic hydroxyl groups is 1. The lowest BCUT2D eigenvalue weighted by Gasteiger charge is -2.35. The van der Waals surface area contributed by atoms with Gasteiger partial charge in [-0.15, -0.1) is 0 Å². The molecule has 0 amide bonds. The van der Waals surface area contributed by atoms with E-state index in [4.69, 9.17) is 9.52 Å². The summed E-state index contributed by atoms with van der Waals surface area (Å²) in [4.78, 5) is 2.01. The van der Waals surface area contributed by atoms with E-state index in [1.54, 1.807) is 6.26 Å². The smallest absolute Gasteiger partial charge is 0.146 e. The molecule has 0 bridgehead atoms. The van der Waals surface area contributed by atoms with Crippen LogP contribution in [0.4, 0.5) is 4.39 Å². The Balaban J connectivity index is 1.98. The maximum atomic E-state index is 14.0. The molecule has 0 radical (unpaired) electrons. The highest BCUT2D eigenvalue weighted by molar-refractivity contribution is 5.14. The summed E-state index contributed by atoms with van der Waals surface area (Å²) in [6.07, 6.45) is 2.90. The fourth-order valence-corrected chi connectivity index (χ4v) is 2.21. The van der Waals surface area contributed by atoms with Gasteiger partial charge in [0.2, 0.25) is 0 Å². The second-order valence-electron chi connectivity index (χ2n) is 4.65. The summed E-state index contributed by atoms with van der Waals surface area (Å²) in [5.41, 5.74) is -0.335. The second kappa shape index (κ2) is 4.55. The van der Waals surface area contributed by atoms with Crippen LogP contribution in [0, 0.1) is 6.92 Å². The second-order valence-corrected chi connectivity index (χ2v) is 4.65. The quantitative estimate of drug-likeness (QED) is 0.856. The summed E-state index contributed by atoms with van der Waals surface area (Å²) in [6.45, 7) is 3.39. The molecule has 1 atom stereocenters. The highest BCUT2D eigenvalue weighted by atomic mass is 19.1. The van der Waals surface area contributed by atoms with Gasteiger partial charge in [0.1, 0.15) is 11.4 Å². The van der Waals surface area contributed by atoms with Gasteiger partial charge in [-0.2, -0.15) is 0 Å². The number of hydrogen-bond acceptors (Lipinski definition) is 3. The molecule has 16 heavy (non-hydrogen) atoms. The van der Waals surface area contributed by atoms with Crippen LogP contribution in [0.5, 0.6) is 0 Å². The molecule has 0 saturated carbocycles. The standard InChI is InChI=1S/C12H18FNO2/c1-10-3-6-16-11(10)7-14-5-2-4-12(13,8-14)9-15/h3,6,15H,2,4-5,7-9H2,1H3. The van der Waals surface area contributed by atoms with Crippen molar-refractivity contribution in [3.63, 3.8) is 0 Å². The van der Waals surface area contributed by atoms with Gasteiger partial charge in [-0.3, -0.25) is 4.90 Å². The van der Waals surface area contributed by atoms with Crippen molar-refractivity contribution < 1.29 is 13.9 Å². The molecule has 90 valence electrons. The largest absolute Gasteiger partial charge is 0.468 e. The number of nitrogens with zero attached hydrogens (tertiary/aromatic N) is 1. The molecule has 0 aliphatic carbocycles. The first-order chi connectivity index (χ1) is 7.63. The Bertz CT molecular complexity index is 353. The summed E-state index contributed by atoms with van der Waals surface area (Å²) in [5, 5.41) is 9.02. The van der Waals surface area contributed by atoms with Crippen LogP contribution in [0.15, 0.2) is 16.7 Å². The Morgan fingerprint density at radius 3 is 3.06 bits per heavy atom. The van der Waals surface area contributed by atoms with Gasteiger partial charge in [0.05, 0.1) is 19.4 Å². The van der Waals surface area contributed by atoms with Crippen LogP contribution in [-0.2, 0) is 6.54 Å². The van der Waals surface area contributed by atoms with E-state index >= 15 is 0 Å². The highest BCUT2D eigenvalue weighted by Gasteiger charge is 2.35. The molecule has 1 aliphatic heterocycles. The average Bonchev–Trinajstić information content (AvgIpc) is 2.65. The zero-order valence-electron chi connectivity index (χ0n) is 9.58. The van der Waals surface area contributed by atoms with Crippen LogP contribution in [0.2, 0.25) is 0 Å². The SMILES string of the molecule is Cc1ccoc1CN1CCCC(F)(CO)C1. The maximum absolute atomic E-state index is 14.0. The van der Waals surface area contributed by atoms with E-state index in [1.165, 1.54) is 0 Å². The first kappa shape index (κ1) is 11.6. The third-order valence-corrected chi connectivity index (χ3v) is 3.22. The molecule has 0 spiro atoms. The molecule has 2 heterocycles. The van der Waals surface area contributed by atoms with E-state index in [0.717, 1.165) is 24.3 Å². The molecule has 4 heteroatoms. The number of alkyl halides is 1. The van der Waals surface area contributed by atoms with E-state index in [1.807, 2.05) is 17.9 Å². The topological polar surface area (TPSA) is 36.6 Å². The predicted octanol–water partition coefficient (Wildman–Crippen LogP) is 1.88. The number of rotatable bonds is 3. The van der Waals surface area contributed by atoms with Gasteiger partial charge in [-0.25, -0.2) is 4.39 Å². The van der Waals surface area contributed by atoms with Crippen molar-refractivity contribution in [3.8, 4) is 0 Å². The Morgan fingerprint density at radius 2 is 2.44 bits per heavy atom. The van der Waals surface area contributed by atoms with Crippen LogP contribution >= 0.6 is 0 Å². The number of hydrogen-bond donors (Lipinski definition) is 1. The first-order valence-corrected chi connectivity index (χ1v) is 5.68. The molecule has 1 aromatic rings. The van der Waals surface area contributed by atoms with Crippen molar-refractivity contribution in [2.75, 3.05) is 19.7 Å². The van der Waals surface area contributed by atoms with E-state index < -0.39 is 5.67 Å². The predicted molar refractivity (Wildman–Crippen MR) is 58.9 cm³/mol. The van der Waals surface area contributed by atoms with Gasteiger partial charge >= 0.3 is 0 Å².